The number of sulfonamides is 1. The molecule has 3 aliphatic rings. The molecule has 3 heterocycles. The van der Waals surface area contributed by atoms with Crippen LogP contribution in [0.2, 0.25) is 0 Å². The lowest BCUT2D eigenvalue weighted by atomic mass is 10.0. The number of allylic oxidation sites excluding steroid dienone is 1. The molecule has 2 aliphatic heterocycles. The predicted octanol–water partition coefficient (Wildman–Crippen LogP) is 6.73. The van der Waals surface area contributed by atoms with Gasteiger partial charge in [-0.3, -0.25) is 14.4 Å². The van der Waals surface area contributed by atoms with Crippen LogP contribution in [-0.4, -0.2) is 91.6 Å². The summed E-state index contributed by atoms with van der Waals surface area (Å²) in [6.07, 6.45) is 5.78. The highest BCUT2D eigenvalue weighted by atomic mass is 32.2. The Kier molecular flexibility index (Phi) is 13.5. The number of nitrogens with one attached hydrogen (secondary N) is 4. The molecule has 0 spiro atoms. The third kappa shape index (κ3) is 10.4. The summed E-state index contributed by atoms with van der Waals surface area (Å²) in [5, 5.41) is 9.52. The van der Waals surface area contributed by atoms with Gasteiger partial charge in [0.2, 0.25) is 11.8 Å². The number of hydrogen-bond donors (Lipinski definition) is 4. The van der Waals surface area contributed by atoms with Gasteiger partial charge in [0.05, 0.1) is 30.6 Å². The maximum absolute atomic E-state index is 14.8. The van der Waals surface area contributed by atoms with Gasteiger partial charge in [0.25, 0.3) is 15.9 Å². The number of benzene rings is 3. The van der Waals surface area contributed by atoms with E-state index in [1.807, 2.05) is 54.6 Å². The molecule has 15 nitrogen and oxygen atoms in total. The molecule has 7 rings (SSSR count). The van der Waals surface area contributed by atoms with E-state index in [4.69, 9.17) is 19.2 Å². The van der Waals surface area contributed by atoms with Crippen molar-refractivity contribution in [3.8, 4) is 22.8 Å². The van der Waals surface area contributed by atoms with Crippen LogP contribution in [0.3, 0.4) is 0 Å². The van der Waals surface area contributed by atoms with Crippen LogP contribution in [0.25, 0.3) is 22.2 Å². The minimum Gasteiger partial charge on any atom is -0.497 e. The fourth-order valence-corrected chi connectivity index (χ4v) is 9.51. The van der Waals surface area contributed by atoms with Gasteiger partial charge in [-0.25, -0.2) is 22.9 Å². The van der Waals surface area contributed by atoms with Gasteiger partial charge in [-0.15, -0.1) is 0 Å². The summed E-state index contributed by atoms with van der Waals surface area (Å²) in [5.74, 6) is -1.99. The van der Waals surface area contributed by atoms with E-state index in [9.17, 15) is 27.6 Å². The van der Waals surface area contributed by atoms with E-state index in [1.54, 1.807) is 72.1 Å². The predicted molar refractivity (Wildman–Crippen MR) is 243 cm³/mol. The van der Waals surface area contributed by atoms with Gasteiger partial charge < -0.3 is 35.1 Å². The molecule has 3 aromatic carbocycles. The number of pyridine rings is 1. The van der Waals surface area contributed by atoms with Gasteiger partial charge >= 0.3 is 6.09 Å². The molecule has 16 heteroatoms. The summed E-state index contributed by atoms with van der Waals surface area (Å²) in [5.41, 5.74) is -0.0254. The fraction of sp³-hybridized carbons (Fsp3) is 0.438. The van der Waals surface area contributed by atoms with Crippen molar-refractivity contribution in [3.05, 3.63) is 91.0 Å². The van der Waals surface area contributed by atoms with Crippen molar-refractivity contribution in [2.24, 2.45) is 11.8 Å². The minimum absolute atomic E-state index is 0.00498. The molecular weight excluding hydrogens is 837 g/mol. The number of alkyl carbamates (subject to hydrolysis) is 1. The lowest BCUT2D eigenvalue weighted by molar-refractivity contribution is -0.141. The van der Waals surface area contributed by atoms with Crippen LogP contribution < -0.4 is 30.1 Å². The third-order valence-electron chi connectivity index (χ3n) is 11.7. The number of fused-ring (bicyclic) bond motifs is 3. The Morgan fingerprint density at radius 2 is 1.72 bits per heavy atom. The molecule has 1 aromatic heterocycles. The summed E-state index contributed by atoms with van der Waals surface area (Å²) in [6.45, 7) is 9.19. The van der Waals surface area contributed by atoms with Crippen molar-refractivity contribution in [3.63, 3.8) is 0 Å². The van der Waals surface area contributed by atoms with Gasteiger partial charge in [-0.05, 0) is 76.6 Å². The third-order valence-corrected chi connectivity index (χ3v) is 13.1. The largest absolute Gasteiger partial charge is 0.497 e. The molecule has 0 radical (unpaired) electrons. The summed E-state index contributed by atoms with van der Waals surface area (Å²) >= 11 is 0. The number of nitrogens with zero attached hydrogens (tertiary/aromatic N) is 2. The number of aromatic nitrogens is 1. The van der Waals surface area contributed by atoms with E-state index in [2.05, 4.69) is 20.7 Å². The summed E-state index contributed by atoms with van der Waals surface area (Å²) < 4.78 is 47.8. The van der Waals surface area contributed by atoms with Crippen LogP contribution in [0.4, 0.5) is 10.5 Å². The maximum Gasteiger partial charge on any atom is 0.408 e. The number of carbonyl (C=O) groups is 4. The van der Waals surface area contributed by atoms with E-state index in [0.717, 1.165) is 31.2 Å². The van der Waals surface area contributed by atoms with Crippen molar-refractivity contribution >= 4 is 50.4 Å². The van der Waals surface area contributed by atoms with Gasteiger partial charge in [0, 0.05) is 42.0 Å². The molecule has 2 fully saturated rings. The monoisotopic (exact) mass is 894 g/mol. The molecule has 0 unspecified atom stereocenters. The van der Waals surface area contributed by atoms with Crippen molar-refractivity contribution in [1.82, 2.24) is 25.2 Å². The zero-order valence-electron chi connectivity index (χ0n) is 37.2. The van der Waals surface area contributed by atoms with Crippen LogP contribution >= 0.6 is 0 Å². The SMILES string of the molecule is COc1ccc2c(O[C@@H]3C[C@@H](C(=O)N[C@]45C[C@H]4C=CCCCCCNc4ccccc4S(=O)(=O)NC5=O)N(C(=O)[C@H](NC(=O)OC(C)(C)C)C(C)C)C3)cc(-c3ccccc3)nc2c1. The molecule has 4 amide bonds. The van der Waals surface area contributed by atoms with Crippen molar-refractivity contribution in [1.29, 1.82) is 0 Å². The second kappa shape index (κ2) is 18.9. The first kappa shape index (κ1) is 45.9. The number of likely N-dealkylation sites (tertiary alicyclic amines) is 1. The van der Waals surface area contributed by atoms with Crippen LogP contribution in [0.5, 0.6) is 11.5 Å². The zero-order valence-corrected chi connectivity index (χ0v) is 38.0. The summed E-state index contributed by atoms with van der Waals surface area (Å²) in [4.78, 5) is 63.2. The first-order valence-corrected chi connectivity index (χ1v) is 23.4. The van der Waals surface area contributed by atoms with E-state index < -0.39 is 75.0 Å². The number of methoxy groups -OCH3 is 1. The quantitative estimate of drug-likeness (QED) is 0.130. The highest BCUT2D eigenvalue weighted by Gasteiger charge is 2.62. The number of hydrogen-bond acceptors (Lipinski definition) is 11. The molecular formula is C48H58N6O9S. The van der Waals surface area contributed by atoms with Gasteiger partial charge in [-0.1, -0.05) is 74.9 Å². The number of para-hydroxylation sites is 1. The lowest BCUT2D eigenvalue weighted by Crippen LogP contribution is -2.59. The fourth-order valence-electron chi connectivity index (χ4n) is 8.29. The van der Waals surface area contributed by atoms with Crippen molar-refractivity contribution in [2.75, 3.05) is 25.5 Å². The topological polar surface area (TPSA) is 194 Å². The number of anilines is 1. The highest BCUT2D eigenvalue weighted by molar-refractivity contribution is 7.90. The van der Waals surface area contributed by atoms with Crippen LogP contribution in [0.1, 0.15) is 73.1 Å². The Morgan fingerprint density at radius 1 is 0.969 bits per heavy atom. The van der Waals surface area contributed by atoms with E-state index in [0.29, 0.717) is 40.3 Å². The normalized spacial score (nSPS) is 22.6. The van der Waals surface area contributed by atoms with E-state index in [1.165, 1.54) is 11.0 Å². The van der Waals surface area contributed by atoms with Crippen molar-refractivity contribution in [2.45, 2.75) is 107 Å². The molecule has 4 N–H and O–H groups in total. The Bertz CT molecular complexity index is 2530. The number of rotatable bonds is 9. The first-order valence-electron chi connectivity index (χ1n) is 21.9. The Hall–Kier alpha value is -6.16. The molecule has 1 aliphatic carbocycles. The lowest BCUT2D eigenvalue weighted by Gasteiger charge is -2.31. The standard InChI is InChI=1S/C48H58N6O9S/c1-30(2)42(51-46(58)63-47(3,4)5)44(56)54-29-34(62-40-27-37(31-17-11-10-12-18-31)50-38-25-33(61-6)22-23-35(38)40)26-39(54)43(55)52-48-28-32(48)19-13-8-7-9-16-24-49-36-20-14-15-21-41(36)64(59,60)53-45(48)57/h10-15,17-23,25,27,30,32,34,39,42,49H,7-9,16,24,26,28-29H2,1-6H3,(H,51,58)(H,52,55)(H,53,57)/t32-,34-,39+,42-,48-/m1/s1. The average Bonchev–Trinajstić information content (AvgIpc) is 3.79. The zero-order chi connectivity index (χ0) is 45.8. The molecule has 1 saturated heterocycles. The van der Waals surface area contributed by atoms with Crippen LogP contribution in [0.15, 0.2) is 95.9 Å². The Morgan fingerprint density at radius 3 is 2.45 bits per heavy atom. The van der Waals surface area contributed by atoms with Crippen molar-refractivity contribution < 1.29 is 41.8 Å². The smallest absolute Gasteiger partial charge is 0.408 e. The number of carbonyl (C=O) groups excluding carboxylic acids is 4. The van der Waals surface area contributed by atoms with Gasteiger partial charge in [-0.2, -0.15) is 0 Å². The van der Waals surface area contributed by atoms with E-state index >= 15 is 0 Å². The van der Waals surface area contributed by atoms with Crippen LogP contribution in [-0.2, 0) is 29.1 Å². The first-order chi connectivity index (χ1) is 30.5. The maximum atomic E-state index is 14.8. The Labute approximate surface area is 374 Å². The van der Waals surface area contributed by atoms with Gasteiger partial charge in [0.15, 0.2) is 0 Å². The summed E-state index contributed by atoms with van der Waals surface area (Å²) in [7, 11) is -2.82. The number of ether oxygens (including phenoxy) is 3. The van der Waals surface area contributed by atoms with E-state index in [-0.39, 0.29) is 24.3 Å². The molecule has 340 valence electrons. The second-order valence-corrected chi connectivity index (χ2v) is 19.7. The molecule has 0 bridgehead atoms. The number of amides is 4. The second-order valence-electron chi connectivity index (χ2n) is 18.0. The molecule has 64 heavy (non-hydrogen) atoms. The van der Waals surface area contributed by atoms with Gasteiger partial charge in [0.1, 0.15) is 45.7 Å². The minimum atomic E-state index is -4.39. The Balaban J connectivity index is 1.23. The molecule has 1 saturated carbocycles. The average molecular weight is 895 g/mol. The highest BCUT2D eigenvalue weighted by Crippen LogP contribution is 2.46. The molecule has 5 atom stereocenters. The summed E-state index contributed by atoms with van der Waals surface area (Å²) in [6, 6.07) is 20.9. The molecule has 4 aromatic rings. The van der Waals surface area contributed by atoms with Crippen LogP contribution in [0, 0.1) is 11.8 Å².